The molecule has 2 aliphatic carbocycles. The number of nitrogens with zero attached hydrogens (tertiary/aromatic N) is 1. The van der Waals surface area contributed by atoms with Crippen molar-refractivity contribution in [3.8, 4) is 17.0 Å². The molecule has 0 saturated heterocycles. The molecule has 0 unspecified atom stereocenters. The number of hydrogen-bond acceptors (Lipinski definition) is 7. The lowest BCUT2D eigenvalue weighted by molar-refractivity contribution is -0.205. The lowest BCUT2D eigenvalue weighted by Crippen LogP contribution is -2.48. The van der Waals surface area contributed by atoms with Gasteiger partial charge in [0, 0.05) is 52.3 Å². The summed E-state index contributed by atoms with van der Waals surface area (Å²) in [5.41, 5.74) is -4.77. The van der Waals surface area contributed by atoms with Crippen LogP contribution in [0.4, 0.5) is 64.5 Å². The van der Waals surface area contributed by atoms with Crippen molar-refractivity contribution >= 4 is 29.3 Å². The Labute approximate surface area is 337 Å². The van der Waals surface area contributed by atoms with Crippen LogP contribution in [0, 0.1) is 29.4 Å². The van der Waals surface area contributed by atoms with Crippen LogP contribution in [0.3, 0.4) is 0 Å². The van der Waals surface area contributed by atoms with Crippen LogP contribution >= 0.6 is 0 Å². The summed E-state index contributed by atoms with van der Waals surface area (Å²) in [7, 11) is 0. The molecule has 3 aromatic carbocycles. The third kappa shape index (κ3) is 10.2. The van der Waals surface area contributed by atoms with Gasteiger partial charge >= 0.3 is 24.6 Å². The highest BCUT2D eigenvalue weighted by Gasteiger charge is 2.56. The second-order valence-corrected chi connectivity index (χ2v) is 13.9. The van der Waals surface area contributed by atoms with Crippen LogP contribution in [0.5, 0.6) is 5.88 Å². The lowest BCUT2D eigenvalue weighted by Gasteiger charge is -2.30. The van der Waals surface area contributed by atoms with E-state index < -0.39 is 125 Å². The van der Waals surface area contributed by atoms with Crippen LogP contribution in [-0.2, 0) is 15.7 Å². The molecule has 2 fully saturated rings. The average Bonchev–Trinajstić information content (AvgIpc) is 3.69. The molecule has 1 aromatic heterocycles. The molecule has 61 heavy (non-hydrogen) atoms. The topological polar surface area (TPSA) is 139 Å². The second kappa shape index (κ2) is 17.4. The zero-order valence-electron chi connectivity index (χ0n) is 30.9. The number of carbonyl (C=O) groups excluding carboxylic acids is 3. The molecule has 10 nitrogen and oxygen atoms in total. The number of aromatic nitrogens is 1. The van der Waals surface area contributed by atoms with Crippen molar-refractivity contribution in [1.82, 2.24) is 10.3 Å². The second-order valence-electron chi connectivity index (χ2n) is 13.9. The molecular weight excluding hydrogens is 841 g/mol. The van der Waals surface area contributed by atoms with Crippen molar-refractivity contribution in [2.24, 2.45) is 17.8 Å². The van der Waals surface area contributed by atoms with Crippen LogP contribution in [0.25, 0.3) is 11.1 Å². The smallest absolute Gasteiger partial charge is 0.429 e. The SMILES string of the molecule is O=C(Nc1ccccc1)O[C@@H](c1ccc(F)c(-c2cnc(OCCO)c(C(=O)N[C@H]3[C@@H](C(=O)Nc4ccc(F)c(C(F)(F)F)c4)[C@H]4CC[C@@H]3/C4=C\C(F)(F)F)c2)c1)C(F)(F)F. The Bertz CT molecular complexity index is 2320. The number of anilines is 2. The minimum absolute atomic E-state index is 0.00231. The Morgan fingerprint density at radius 3 is 2.18 bits per heavy atom. The van der Waals surface area contributed by atoms with E-state index in [1.807, 2.05) is 0 Å². The zero-order valence-corrected chi connectivity index (χ0v) is 30.9. The van der Waals surface area contributed by atoms with Crippen molar-refractivity contribution in [3.05, 3.63) is 119 Å². The van der Waals surface area contributed by atoms with Crippen molar-refractivity contribution in [2.75, 3.05) is 23.8 Å². The Kier molecular flexibility index (Phi) is 12.6. The summed E-state index contributed by atoms with van der Waals surface area (Å²) in [6, 6.07) is 10.3. The molecule has 0 radical (unpaired) electrons. The van der Waals surface area contributed by atoms with E-state index in [9.17, 15) is 63.4 Å². The van der Waals surface area contributed by atoms with Gasteiger partial charge in [0.1, 0.15) is 23.8 Å². The quantitative estimate of drug-likeness (QED) is 0.0872. The summed E-state index contributed by atoms with van der Waals surface area (Å²) in [5, 5.41) is 16.2. The molecule has 3 amide bonds. The van der Waals surface area contributed by atoms with Gasteiger partial charge in [-0.2, -0.15) is 39.5 Å². The zero-order chi connectivity index (χ0) is 44.4. The molecule has 0 spiro atoms. The maximum absolute atomic E-state index is 15.4. The number of pyridine rings is 1. The molecule has 4 N–H and O–H groups in total. The van der Waals surface area contributed by atoms with Gasteiger partial charge in [-0.3, -0.25) is 14.9 Å². The fraction of sp³-hybridized carbons (Fsp3) is 0.300. The Morgan fingerprint density at radius 2 is 1.52 bits per heavy atom. The number of carbonyl (C=O) groups is 3. The number of rotatable bonds is 11. The molecule has 6 rings (SSSR count). The third-order valence-electron chi connectivity index (χ3n) is 9.94. The predicted molar refractivity (Wildman–Crippen MR) is 193 cm³/mol. The highest BCUT2D eigenvalue weighted by atomic mass is 19.4. The van der Waals surface area contributed by atoms with Gasteiger partial charge in [-0.1, -0.05) is 29.8 Å². The van der Waals surface area contributed by atoms with E-state index in [1.165, 1.54) is 24.3 Å². The normalized spacial score (nSPS) is 20.0. The van der Waals surface area contributed by atoms with Crippen molar-refractivity contribution in [3.63, 3.8) is 0 Å². The summed E-state index contributed by atoms with van der Waals surface area (Å²) < 4.78 is 164. The van der Waals surface area contributed by atoms with Crippen LogP contribution in [0.15, 0.2) is 90.6 Å². The minimum atomic E-state index is -5.23. The molecule has 2 aliphatic rings. The van der Waals surface area contributed by atoms with Gasteiger partial charge in [-0.25, -0.2) is 18.6 Å². The molecule has 0 aliphatic heterocycles. The van der Waals surface area contributed by atoms with E-state index in [4.69, 9.17) is 9.47 Å². The van der Waals surface area contributed by atoms with Crippen molar-refractivity contribution < 1.29 is 77.3 Å². The van der Waals surface area contributed by atoms with Gasteiger partial charge in [-0.05, 0) is 67.3 Å². The molecular formula is C40H31F11N4O6. The number of halogens is 11. The number of hydrogen-bond donors (Lipinski definition) is 4. The van der Waals surface area contributed by atoms with E-state index in [-0.39, 0.29) is 35.7 Å². The standard InChI is InChI=1S/C40H31F11N4O6/c41-29-10-6-19(33(40(49,50)51)61-37(59)54-21-4-2-1-3-5-21)14-25(29)20-15-26(36(52-18-20)60-13-12-56)34(57)55-32-24-9-8-23(27(24)17-38(43,44)45)31(32)35(58)53-22-7-11-30(42)28(16-22)39(46,47)48/h1-7,10-11,14-18,23-24,31-33,56H,8-9,12-13H2,(H,53,58)(H,54,59)(H,55,57)/b27-17-/t23-,24+,31-,32+,33-/m0/s1. The highest BCUT2D eigenvalue weighted by Crippen LogP contribution is 2.54. The van der Waals surface area contributed by atoms with Crippen molar-refractivity contribution in [1.29, 1.82) is 0 Å². The third-order valence-corrected chi connectivity index (χ3v) is 9.94. The molecule has 2 saturated carbocycles. The monoisotopic (exact) mass is 872 g/mol. The fourth-order valence-corrected chi connectivity index (χ4v) is 7.50. The van der Waals surface area contributed by atoms with E-state index >= 15 is 4.39 Å². The molecule has 2 bridgehead atoms. The van der Waals surface area contributed by atoms with Gasteiger partial charge in [0.25, 0.3) is 5.91 Å². The first kappa shape index (κ1) is 44.3. The number of benzene rings is 3. The molecule has 324 valence electrons. The number of allylic oxidation sites excluding steroid dienone is 1. The number of para-hydroxylation sites is 1. The molecule has 5 atom stereocenters. The molecule has 21 heteroatoms. The van der Waals surface area contributed by atoms with Gasteiger partial charge < -0.3 is 25.2 Å². The summed E-state index contributed by atoms with van der Waals surface area (Å²) in [4.78, 5) is 44.2. The van der Waals surface area contributed by atoms with E-state index in [2.05, 4.69) is 20.9 Å². The summed E-state index contributed by atoms with van der Waals surface area (Å²) in [6.45, 7) is -1.11. The first-order valence-electron chi connectivity index (χ1n) is 18.1. The Hall–Kier alpha value is -6.25. The lowest BCUT2D eigenvalue weighted by atomic mass is 9.83. The van der Waals surface area contributed by atoms with Gasteiger partial charge in [-0.15, -0.1) is 0 Å². The molecule has 1 heterocycles. The Morgan fingerprint density at radius 1 is 0.836 bits per heavy atom. The largest absolute Gasteiger partial charge is 0.475 e. The minimum Gasteiger partial charge on any atom is -0.475 e. The molecule has 4 aromatic rings. The van der Waals surface area contributed by atoms with Gasteiger partial charge in [0.2, 0.25) is 17.9 Å². The summed E-state index contributed by atoms with van der Waals surface area (Å²) in [6.07, 6.45) is -18.8. The van der Waals surface area contributed by atoms with Crippen molar-refractivity contribution in [2.45, 2.75) is 43.5 Å². The number of alkyl halides is 9. The summed E-state index contributed by atoms with van der Waals surface area (Å²) in [5.74, 6) is -9.52. The number of fused-ring (bicyclic) bond motifs is 2. The number of amides is 3. The van der Waals surface area contributed by atoms with Crippen LogP contribution in [0.2, 0.25) is 0 Å². The Balaban J connectivity index is 1.34. The van der Waals surface area contributed by atoms with E-state index in [1.54, 1.807) is 6.07 Å². The average molecular weight is 873 g/mol. The maximum atomic E-state index is 15.4. The van der Waals surface area contributed by atoms with Gasteiger partial charge in [0.05, 0.1) is 18.1 Å². The summed E-state index contributed by atoms with van der Waals surface area (Å²) >= 11 is 0. The maximum Gasteiger partial charge on any atom is 0.429 e. The van der Waals surface area contributed by atoms with Crippen LogP contribution in [-0.4, -0.2) is 59.6 Å². The predicted octanol–water partition coefficient (Wildman–Crippen LogP) is 9.15. The van der Waals surface area contributed by atoms with Gasteiger partial charge in [0.15, 0.2) is 0 Å². The van der Waals surface area contributed by atoms with Crippen LogP contribution in [0.1, 0.15) is 40.4 Å². The first-order chi connectivity index (χ1) is 28.6. The van der Waals surface area contributed by atoms with E-state index in [0.29, 0.717) is 30.3 Å². The number of aliphatic hydroxyl groups is 1. The number of aliphatic hydroxyl groups excluding tert-OH is 1. The van der Waals surface area contributed by atoms with Crippen LogP contribution < -0.4 is 20.7 Å². The van der Waals surface area contributed by atoms with E-state index in [0.717, 1.165) is 18.3 Å². The number of nitrogens with one attached hydrogen (secondary N) is 3. The highest BCUT2D eigenvalue weighted by molar-refractivity contribution is 5.99. The first-order valence-corrected chi connectivity index (χ1v) is 18.1. The fourth-order valence-electron chi connectivity index (χ4n) is 7.50. The number of ether oxygens (including phenoxy) is 2.